The molecule has 0 aliphatic carbocycles. The van der Waals surface area contributed by atoms with Crippen molar-refractivity contribution in [3.05, 3.63) is 29.6 Å². The summed E-state index contributed by atoms with van der Waals surface area (Å²) in [5, 5.41) is 0. The highest BCUT2D eigenvalue weighted by Gasteiger charge is 2.04. The molecule has 0 heterocycles. The predicted molar refractivity (Wildman–Crippen MR) is 55.1 cm³/mol. The molecule has 0 N–H and O–H groups in total. The van der Waals surface area contributed by atoms with Gasteiger partial charge in [0.2, 0.25) is 0 Å². The fraction of sp³-hybridized carbons (Fsp3) is 0.364. The average molecular weight is 195 g/mol. The zero-order valence-corrected chi connectivity index (χ0v) is 8.46. The standard InChI is InChI=1S/C11H14FNO/c1-13(2)11-8-9(4-3-7-14)5-6-10(11)12/h5-8H,3-4H2,1-2H3. The highest BCUT2D eigenvalue weighted by atomic mass is 19.1. The van der Waals surface area contributed by atoms with Crippen molar-refractivity contribution >= 4 is 12.0 Å². The third kappa shape index (κ3) is 2.55. The van der Waals surface area contributed by atoms with Gasteiger partial charge >= 0.3 is 0 Å². The lowest BCUT2D eigenvalue weighted by atomic mass is 10.1. The maximum atomic E-state index is 13.2. The van der Waals surface area contributed by atoms with E-state index in [1.807, 2.05) is 0 Å². The molecule has 0 radical (unpaired) electrons. The second-order valence-electron chi connectivity index (χ2n) is 3.39. The molecular weight excluding hydrogens is 181 g/mol. The summed E-state index contributed by atoms with van der Waals surface area (Å²) in [7, 11) is 3.59. The van der Waals surface area contributed by atoms with Gasteiger partial charge in [0.25, 0.3) is 0 Å². The van der Waals surface area contributed by atoms with E-state index in [2.05, 4.69) is 0 Å². The summed E-state index contributed by atoms with van der Waals surface area (Å²) in [6.07, 6.45) is 2.03. The van der Waals surface area contributed by atoms with E-state index in [0.29, 0.717) is 18.5 Å². The van der Waals surface area contributed by atoms with Crippen molar-refractivity contribution in [3.63, 3.8) is 0 Å². The first kappa shape index (κ1) is 10.7. The van der Waals surface area contributed by atoms with Gasteiger partial charge in [0.15, 0.2) is 0 Å². The Morgan fingerprint density at radius 1 is 1.43 bits per heavy atom. The van der Waals surface area contributed by atoms with Crippen molar-refractivity contribution in [2.24, 2.45) is 0 Å². The van der Waals surface area contributed by atoms with Gasteiger partial charge in [0, 0.05) is 20.5 Å². The smallest absolute Gasteiger partial charge is 0.146 e. The molecule has 2 nitrogen and oxygen atoms in total. The molecule has 0 spiro atoms. The van der Waals surface area contributed by atoms with Crippen molar-refractivity contribution in [1.29, 1.82) is 0 Å². The second-order valence-corrected chi connectivity index (χ2v) is 3.39. The molecule has 0 fully saturated rings. The number of benzene rings is 1. The molecule has 0 saturated carbocycles. The van der Waals surface area contributed by atoms with E-state index in [-0.39, 0.29) is 5.82 Å². The van der Waals surface area contributed by atoms with Gasteiger partial charge in [-0.05, 0) is 24.1 Å². The molecule has 0 atom stereocenters. The zero-order chi connectivity index (χ0) is 10.6. The molecule has 0 unspecified atom stereocenters. The summed E-state index contributed by atoms with van der Waals surface area (Å²) >= 11 is 0. The van der Waals surface area contributed by atoms with E-state index >= 15 is 0 Å². The first-order valence-corrected chi connectivity index (χ1v) is 4.54. The topological polar surface area (TPSA) is 20.3 Å². The van der Waals surface area contributed by atoms with Gasteiger partial charge in [-0.2, -0.15) is 0 Å². The molecule has 0 amide bonds. The van der Waals surface area contributed by atoms with Crippen molar-refractivity contribution in [2.75, 3.05) is 19.0 Å². The molecule has 0 aliphatic heterocycles. The summed E-state index contributed by atoms with van der Waals surface area (Å²) in [4.78, 5) is 11.9. The first-order chi connectivity index (χ1) is 6.65. The van der Waals surface area contributed by atoms with Gasteiger partial charge in [-0.1, -0.05) is 6.07 Å². The second kappa shape index (κ2) is 4.74. The number of anilines is 1. The molecule has 3 heteroatoms. The third-order valence-electron chi connectivity index (χ3n) is 2.04. The monoisotopic (exact) mass is 195 g/mol. The predicted octanol–water partition coefficient (Wildman–Crippen LogP) is 2.02. The van der Waals surface area contributed by atoms with Crippen molar-refractivity contribution in [3.8, 4) is 0 Å². The summed E-state index contributed by atoms with van der Waals surface area (Å²) in [5.41, 5.74) is 1.55. The summed E-state index contributed by atoms with van der Waals surface area (Å²) in [5.74, 6) is -0.232. The summed E-state index contributed by atoms with van der Waals surface area (Å²) < 4.78 is 13.2. The Balaban J connectivity index is 2.88. The molecule has 0 aromatic heterocycles. The van der Waals surface area contributed by atoms with Gasteiger partial charge < -0.3 is 9.69 Å². The van der Waals surface area contributed by atoms with Crippen LogP contribution in [-0.2, 0) is 11.2 Å². The Kier molecular flexibility index (Phi) is 3.63. The molecule has 76 valence electrons. The summed E-state index contributed by atoms with van der Waals surface area (Å²) in [6, 6.07) is 4.93. The van der Waals surface area contributed by atoms with Crippen LogP contribution in [0.4, 0.5) is 10.1 Å². The van der Waals surface area contributed by atoms with E-state index in [4.69, 9.17) is 0 Å². The Labute approximate surface area is 83.3 Å². The number of rotatable bonds is 4. The van der Waals surface area contributed by atoms with Crippen LogP contribution in [-0.4, -0.2) is 20.4 Å². The quantitative estimate of drug-likeness (QED) is 0.685. The molecular formula is C11H14FNO. The van der Waals surface area contributed by atoms with E-state index < -0.39 is 0 Å². The Morgan fingerprint density at radius 3 is 2.71 bits per heavy atom. The largest absolute Gasteiger partial charge is 0.375 e. The van der Waals surface area contributed by atoms with Gasteiger partial charge in [0.1, 0.15) is 12.1 Å². The number of carbonyl (C=O) groups excluding carboxylic acids is 1. The number of hydrogen-bond donors (Lipinski definition) is 0. The normalized spacial score (nSPS) is 9.93. The van der Waals surface area contributed by atoms with Crippen molar-refractivity contribution in [1.82, 2.24) is 0 Å². The minimum absolute atomic E-state index is 0.232. The number of carbonyl (C=O) groups is 1. The fourth-order valence-corrected chi connectivity index (χ4v) is 1.28. The van der Waals surface area contributed by atoms with Crippen LogP contribution in [0, 0.1) is 5.82 Å². The number of hydrogen-bond acceptors (Lipinski definition) is 2. The molecule has 14 heavy (non-hydrogen) atoms. The highest BCUT2D eigenvalue weighted by molar-refractivity contribution is 5.52. The Bertz CT molecular complexity index is 323. The van der Waals surface area contributed by atoms with Gasteiger partial charge in [0.05, 0.1) is 5.69 Å². The van der Waals surface area contributed by atoms with E-state index in [9.17, 15) is 9.18 Å². The van der Waals surface area contributed by atoms with Crippen molar-refractivity contribution < 1.29 is 9.18 Å². The minimum atomic E-state index is -0.232. The lowest BCUT2D eigenvalue weighted by Crippen LogP contribution is -2.11. The first-order valence-electron chi connectivity index (χ1n) is 4.54. The van der Waals surface area contributed by atoms with E-state index in [0.717, 1.165) is 11.8 Å². The van der Waals surface area contributed by atoms with Crippen LogP contribution < -0.4 is 4.90 Å². The van der Waals surface area contributed by atoms with Crippen LogP contribution in [0.15, 0.2) is 18.2 Å². The average Bonchev–Trinajstić information content (AvgIpc) is 2.16. The SMILES string of the molecule is CN(C)c1cc(CCC=O)ccc1F. The molecule has 0 bridgehead atoms. The molecule has 0 saturated heterocycles. The lowest BCUT2D eigenvalue weighted by Gasteiger charge is -2.14. The highest BCUT2D eigenvalue weighted by Crippen LogP contribution is 2.19. The lowest BCUT2D eigenvalue weighted by molar-refractivity contribution is -0.107. The van der Waals surface area contributed by atoms with Crippen LogP contribution in [0.2, 0.25) is 0 Å². The van der Waals surface area contributed by atoms with Crippen LogP contribution in [0.25, 0.3) is 0 Å². The number of aldehydes is 1. The molecule has 1 aromatic carbocycles. The maximum absolute atomic E-state index is 13.2. The van der Waals surface area contributed by atoms with Crippen LogP contribution in [0.3, 0.4) is 0 Å². The number of aryl methyl sites for hydroxylation is 1. The summed E-state index contributed by atoms with van der Waals surface area (Å²) in [6.45, 7) is 0. The Hall–Kier alpha value is -1.38. The maximum Gasteiger partial charge on any atom is 0.146 e. The molecule has 1 aromatic rings. The van der Waals surface area contributed by atoms with Gasteiger partial charge in [-0.3, -0.25) is 0 Å². The van der Waals surface area contributed by atoms with E-state index in [1.54, 1.807) is 31.1 Å². The minimum Gasteiger partial charge on any atom is -0.375 e. The zero-order valence-electron chi connectivity index (χ0n) is 8.46. The van der Waals surface area contributed by atoms with Crippen LogP contribution in [0.1, 0.15) is 12.0 Å². The Morgan fingerprint density at radius 2 is 2.14 bits per heavy atom. The number of nitrogens with zero attached hydrogens (tertiary/aromatic N) is 1. The van der Waals surface area contributed by atoms with Crippen LogP contribution in [0.5, 0.6) is 0 Å². The third-order valence-corrected chi connectivity index (χ3v) is 2.04. The van der Waals surface area contributed by atoms with Crippen LogP contribution >= 0.6 is 0 Å². The van der Waals surface area contributed by atoms with Crippen molar-refractivity contribution in [2.45, 2.75) is 12.8 Å². The van der Waals surface area contributed by atoms with E-state index in [1.165, 1.54) is 6.07 Å². The fourth-order valence-electron chi connectivity index (χ4n) is 1.28. The van der Waals surface area contributed by atoms with Gasteiger partial charge in [-0.25, -0.2) is 4.39 Å². The molecule has 0 aliphatic rings. The van der Waals surface area contributed by atoms with Gasteiger partial charge in [-0.15, -0.1) is 0 Å². The molecule has 1 rings (SSSR count). The number of halogens is 1.